The summed E-state index contributed by atoms with van der Waals surface area (Å²) in [4.78, 5) is 21.5. The number of halogens is 1. The molecule has 146 valence electrons. The first kappa shape index (κ1) is 18.7. The Labute approximate surface area is 168 Å². The molecule has 4 rings (SSSR count). The van der Waals surface area contributed by atoms with E-state index in [1.807, 2.05) is 42.7 Å². The molecule has 1 saturated carbocycles. The molecule has 1 aromatic carbocycles. The van der Waals surface area contributed by atoms with Crippen LogP contribution in [-0.4, -0.2) is 27.0 Å². The topological polar surface area (TPSA) is 69.0 Å². The van der Waals surface area contributed by atoms with Crippen molar-refractivity contribution in [2.45, 2.75) is 45.6 Å². The fourth-order valence-corrected chi connectivity index (χ4v) is 3.48. The van der Waals surface area contributed by atoms with Gasteiger partial charge in [-0.2, -0.15) is 0 Å². The molecule has 1 aliphatic carbocycles. The first-order chi connectivity index (χ1) is 13.5. The molecule has 1 aliphatic rings. The third-order valence-electron chi connectivity index (χ3n) is 5.12. The third-order valence-corrected chi connectivity index (χ3v) is 5.34. The lowest BCUT2D eigenvalue weighted by Crippen LogP contribution is -2.23. The summed E-state index contributed by atoms with van der Waals surface area (Å²) in [6, 6.07) is 9.89. The van der Waals surface area contributed by atoms with Crippen molar-refractivity contribution in [2.24, 2.45) is 0 Å². The molecule has 1 amide bonds. The monoisotopic (exact) mass is 398 g/mol. The number of aromatic nitrogens is 3. The van der Waals surface area contributed by atoms with Gasteiger partial charge in [0.05, 0.1) is 13.0 Å². The Bertz CT molecular complexity index is 1030. The average Bonchev–Trinajstić information content (AvgIpc) is 2.94. The predicted octanol–water partition coefficient (Wildman–Crippen LogP) is 4.83. The van der Waals surface area contributed by atoms with Crippen LogP contribution in [0.15, 0.2) is 30.3 Å². The highest BCUT2D eigenvalue weighted by Gasteiger charge is 2.26. The van der Waals surface area contributed by atoms with Crippen LogP contribution in [0.4, 0.5) is 5.95 Å². The van der Waals surface area contributed by atoms with Crippen molar-refractivity contribution in [2.75, 3.05) is 11.9 Å². The normalized spacial score (nSPS) is 14.1. The Hall–Kier alpha value is -2.60. The van der Waals surface area contributed by atoms with Crippen LogP contribution in [0.5, 0.6) is 5.75 Å². The van der Waals surface area contributed by atoms with E-state index in [2.05, 4.69) is 15.3 Å². The number of nitrogens with one attached hydrogen (secondary N) is 1. The van der Waals surface area contributed by atoms with Crippen molar-refractivity contribution in [3.8, 4) is 5.75 Å². The molecule has 0 unspecified atom stereocenters. The fraction of sp³-hybridized carbons (Fsp3) is 0.381. The number of carbonyl (C=O) groups excluding carboxylic acids is 1. The first-order valence-corrected chi connectivity index (χ1v) is 9.93. The summed E-state index contributed by atoms with van der Waals surface area (Å²) < 4.78 is 7.80. The van der Waals surface area contributed by atoms with Gasteiger partial charge in [0.25, 0.3) is 0 Å². The van der Waals surface area contributed by atoms with Crippen molar-refractivity contribution in [3.63, 3.8) is 0 Å². The molecule has 1 N–H and O–H groups in total. The largest absolute Gasteiger partial charge is 0.493 e. The predicted molar refractivity (Wildman–Crippen MR) is 110 cm³/mol. The highest BCUT2D eigenvalue weighted by Crippen LogP contribution is 2.37. The first-order valence-electron chi connectivity index (χ1n) is 9.55. The second-order valence-corrected chi connectivity index (χ2v) is 7.67. The molecular weight excluding hydrogens is 376 g/mol. The van der Waals surface area contributed by atoms with E-state index in [0.717, 1.165) is 40.9 Å². The smallest absolute Gasteiger partial charge is 0.230 e. The number of benzene rings is 1. The van der Waals surface area contributed by atoms with Gasteiger partial charge in [-0.15, -0.1) is 0 Å². The van der Waals surface area contributed by atoms with Crippen LogP contribution in [0.1, 0.15) is 42.9 Å². The maximum Gasteiger partial charge on any atom is 0.230 e. The molecule has 6 nitrogen and oxygen atoms in total. The summed E-state index contributed by atoms with van der Waals surface area (Å²) in [5.41, 5.74) is 3.64. The Morgan fingerprint density at radius 3 is 2.82 bits per heavy atom. The standard InChI is InChI=1S/C21H23ClN4O2/c1-13-6-7-14(2)17(12-13)28-11-10-19(27)25-21-23-16-8-9-18(22)24-20(16)26(21)15-4-3-5-15/h6-9,12,15H,3-5,10-11H2,1-2H3,(H,23,25,27). The van der Waals surface area contributed by atoms with Gasteiger partial charge in [0.2, 0.25) is 11.9 Å². The van der Waals surface area contributed by atoms with Gasteiger partial charge in [-0.3, -0.25) is 14.7 Å². The molecule has 0 saturated heterocycles. The number of aryl methyl sites for hydroxylation is 2. The van der Waals surface area contributed by atoms with Crippen molar-refractivity contribution < 1.29 is 9.53 Å². The molecule has 28 heavy (non-hydrogen) atoms. The van der Waals surface area contributed by atoms with E-state index in [-0.39, 0.29) is 12.3 Å². The summed E-state index contributed by atoms with van der Waals surface area (Å²) in [6.45, 7) is 4.32. The second-order valence-electron chi connectivity index (χ2n) is 7.28. The molecule has 3 aromatic rings. The molecule has 1 fully saturated rings. The maximum absolute atomic E-state index is 12.5. The van der Waals surface area contributed by atoms with Crippen LogP contribution in [0.25, 0.3) is 11.2 Å². The van der Waals surface area contributed by atoms with Crippen LogP contribution < -0.4 is 10.1 Å². The molecule has 0 radical (unpaired) electrons. The molecule has 0 spiro atoms. The highest BCUT2D eigenvalue weighted by atomic mass is 35.5. The Morgan fingerprint density at radius 1 is 1.25 bits per heavy atom. The number of fused-ring (bicyclic) bond motifs is 1. The third kappa shape index (κ3) is 3.83. The Balaban J connectivity index is 1.45. The number of carbonyl (C=O) groups is 1. The minimum atomic E-state index is -0.132. The number of amides is 1. The number of anilines is 1. The number of pyridine rings is 1. The van der Waals surface area contributed by atoms with Gasteiger partial charge >= 0.3 is 0 Å². The van der Waals surface area contributed by atoms with E-state index in [4.69, 9.17) is 16.3 Å². The van der Waals surface area contributed by atoms with E-state index in [0.29, 0.717) is 23.8 Å². The van der Waals surface area contributed by atoms with E-state index in [1.54, 1.807) is 6.07 Å². The average molecular weight is 399 g/mol. The van der Waals surface area contributed by atoms with E-state index in [9.17, 15) is 4.79 Å². The molecule has 0 bridgehead atoms. The van der Waals surface area contributed by atoms with Crippen LogP contribution in [0.2, 0.25) is 5.15 Å². The van der Waals surface area contributed by atoms with Crippen LogP contribution >= 0.6 is 11.6 Å². The maximum atomic E-state index is 12.5. The van der Waals surface area contributed by atoms with Crippen LogP contribution in [0.3, 0.4) is 0 Å². The molecule has 2 heterocycles. The van der Waals surface area contributed by atoms with Crippen molar-refractivity contribution in [1.82, 2.24) is 14.5 Å². The zero-order valence-electron chi connectivity index (χ0n) is 16.0. The molecule has 0 atom stereocenters. The highest BCUT2D eigenvalue weighted by molar-refractivity contribution is 6.29. The lowest BCUT2D eigenvalue weighted by molar-refractivity contribution is -0.116. The van der Waals surface area contributed by atoms with Gasteiger partial charge in [-0.25, -0.2) is 9.97 Å². The summed E-state index contributed by atoms with van der Waals surface area (Å²) in [5, 5.41) is 3.35. The summed E-state index contributed by atoms with van der Waals surface area (Å²) in [6.07, 6.45) is 3.52. The number of hydrogen-bond acceptors (Lipinski definition) is 4. The van der Waals surface area contributed by atoms with Gasteiger partial charge in [-0.05, 0) is 62.4 Å². The van der Waals surface area contributed by atoms with Crippen LogP contribution in [0, 0.1) is 13.8 Å². The summed E-state index contributed by atoms with van der Waals surface area (Å²) in [7, 11) is 0. The van der Waals surface area contributed by atoms with Crippen molar-refractivity contribution in [1.29, 1.82) is 0 Å². The Morgan fingerprint density at radius 2 is 2.07 bits per heavy atom. The molecular formula is C21H23ClN4O2. The molecule has 2 aromatic heterocycles. The Kier molecular flexibility index (Phi) is 5.22. The quantitative estimate of drug-likeness (QED) is 0.603. The fourth-order valence-electron chi connectivity index (χ4n) is 3.33. The molecule has 7 heteroatoms. The SMILES string of the molecule is Cc1ccc(C)c(OCCC(=O)Nc2nc3ccc(Cl)nc3n2C2CCC2)c1. The van der Waals surface area contributed by atoms with E-state index < -0.39 is 0 Å². The van der Waals surface area contributed by atoms with Crippen molar-refractivity contribution in [3.05, 3.63) is 46.6 Å². The number of rotatable bonds is 6. The lowest BCUT2D eigenvalue weighted by Gasteiger charge is -2.28. The minimum Gasteiger partial charge on any atom is -0.493 e. The van der Waals surface area contributed by atoms with E-state index >= 15 is 0 Å². The van der Waals surface area contributed by atoms with E-state index in [1.165, 1.54) is 6.42 Å². The minimum absolute atomic E-state index is 0.132. The van der Waals surface area contributed by atoms with Gasteiger partial charge in [0.15, 0.2) is 5.65 Å². The van der Waals surface area contributed by atoms with Gasteiger partial charge in [-0.1, -0.05) is 23.7 Å². The van der Waals surface area contributed by atoms with Crippen LogP contribution in [-0.2, 0) is 4.79 Å². The summed E-state index contributed by atoms with van der Waals surface area (Å²) >= 11 is 6.07. The second kappa shape index (κ2) is 7.80. The number of ether oxygens (including phenoxy) is 1. The molecule has 0 aliphatic heterocycles. The van der Waals surface area contributed by atoms with Crippen molar-refractivity contribution >= 4 is 34.6 Å². The number of imidazole rings is 1. The van der Waals surface area contributed by atoms with Gasteiger partial charge in [0, 0.05) is 6.04 Å². The van der Waals surface area contributed by atoms with Gasteiger partial charge < -0.3 is 4.74 Å². The zero-order valence-corrected chi connectivity index (χ0v) is 16.8. The van der Waals surface area contributed by atoms with Gasteiger partial charge in [0.1, 0.15) is 16.4 Å². The summed E-state index contributed by atoms with van der Waals surface area (Å²) in [5.74, 6) is 1.21. The lowest BCUT2D eigenvalue weighted by atomic mass is 9.93. The zero-order chi connectivity index (χ0) is 19.7. The number of nitrogens with zero attached hydrogens (tertiary/aromatic N) is 3. The number of hydrogen-bond donors (Lipinski definition) is 1.